The summed E-state index contributed by atoms with van der Waals surface area (Å²) in [5.74, 6) is -1.95. The number of nitrogens with one attached hydrogen (secondary N) is 1. The van der Waals surface area contributed by atoms with Crippen molar-refractivity contribution in [2.45, 2.75) is 18.6 Å². The van der Waals surface area contributed by atoms with Crippen LogP contribution >= 0.6 is 0 Å². The highest BCUT2D eigenvalue weighted by atomic mass is 19.4. The van der Waals surface area contributed by atoms with E-state index in [0.717, 1.165) is 16.5 Å². The Bertz CT molecular complexity index is 1240. The first kappa shape index (κ1) is 22.3. The first-order chi connectivity index (χ1) is 15.8. The zero-order valence-electron chi connectivity index (χ0n) is 17.2. The Morgan fingerprint density at radius 1 is 1.03 bits per heavy atom. The number of hydrogen-bond acceptors (Lipinski definition) is 3. The van der Waals surface area contributed by atoms with Crippen molar-refractivity contribution in [2.24, 2.45) is 0 Å². The number of hydrogen-bond donors (Lipinski definition) is 1. The van der Waals surface area contributed by atoms with Gasteiger partial charge in [-0.1, -0.05) is 30.3 Å². The van der Waals surface area contributed by atoms with Crippen molar-refractivity contribution in [3.63, 3.8) is 0 Å². The maximum absolute atomic E-state index is 13.2. The van der Waals surface area contributed by atoms with Crippen LogP contribution in [0.2, 0.25) is 0 Å². The number of carbonyl (C=O) groups is 1. The number of fused-ring (bicyclic) bond motifs is 1. The highest BCUT2D eigenvalue weighted by molar-refractivity contribution is 5.82. The van der Waals surface area contributed by atoms with Crippen LogP contribution in [0.1, 0.15) is 5.56 Å². The molecule has 1 unspecified atom stereocenters. The molecular weight excluding hydrogens is 438 g/mol. The Hall–Kier alpha value is -3.88. The Morgan fingerprint density at radius 3 is 2.45 bits per heavy atom. The predicted molar refractivity (Wildman–Crippen MR) is 115 cm³/mol. The second-order valence-corrected chi connectivity index (χ2v) is 7.42. The molecule has 0 radical (unpaired) electrons. The zero-order chi connectivity index (χ0) is 23.4. The highest BCUT2D eigenvalue weighted by Gasteiger charge is 2.39. The quantitative estimate of drug-likeness (QED) is 0.405. The summed E-state index contributed by atoms with van der Waals surface area (Å²) in [7, 11) is 0. The molecule has 1 amide bonds. The minimum Gasteiger partial charge on any atom is -0.491 e. The van der Waals surface area contributed by atoms with Crippen molar-refractivity contribution in [1.82, 2.24) is 15.1 Å². The van der Waals surface area contributed by atoms with E-state index in [4.69, 9.17) is 4.74 Å². The van der Waals surface area contributed by atoms with Crippen LogP contribution in [-0.4, -0.2) is 34.5 Å². The second kappa shape index (κ2) is 9.32. The van der Waals surface area contributed by atoms with Gasteiger partial charge in [-0.15, -0.1) is 0 Å². The lowest BCUT2D eigenvalue weighted by Crippen LogP contribution is -2.46. The molecule has 0 fully saturated rings. The molecule has 4 rings (SSSR count). The number of nitrogens with zero attached hydrogens (tertiary/aromatic N) is 2. The van der Waals surface area contributed by atoms with E-state index in [1.54, 1.807) is 71.5 Å². The first-order valence-electron chi connectivity index (χ1n) is 10.1. The van der Waals surface area contributed by atoms with Crippen LogP contribution in [0.25, 0.3) is 16.6 Å². The number of ether oxygens (including phenoxy) is 1. The molecule has 1 N–H and O–H groups in total. The molecule has 4 aromatic rings. The molecule has 0 aliphatic rings. The molecule has 1 atom stereocenters. The molecule has 33 heavy (non-hydrogen) atoms. The maximum atomic E-state index is 13.2. The fraction of sp³-hybridized carbons (Fsp3) is 0.167. The van der Waals surface area contributed by atoms with Crippen LogP contribution in [0, 0.1) is 5.82 Å². The predicted octanol–water partition coefficient (Wildman–Crippen LogP) is 4.83. The van der Waals surface area contributed by atoms with Crippen LogP contribution in [0.5, 0.6) is 5.75 Å². The highest BCUT2D eigenvalue weighted by Crippen LogP contribution is 2.24. The lowest BCUT2D eigenvalue weighted by Gasteiger charge is -2.20. The fourth-order valence-electron chi connectivity index (χ4n) is 3.40. The number of carbonyl (C=O) groups excluding carboxylic acids is 1. The number of rotatable bonds is 7. The molecule has 3 aromatic carbocycles. The van der Waals surface area contributed by atoms with Crippen molar-refractivity contribution in [3.8, 4) is 11.4 Å². The van der Waals surface area contributed by atoms with Gasteiger partial charge in [-0.3, -0.25) is 4.79 Å². The standard InChI is InChI=1S/C24H19F4N3O2/c25-18-6-8-20(9-7-18)31-22-11-10-21(13-17(22)14-29-31)33-15-19(30-23(32)24(26,27)28)12-16-4-2-1-3-5-16/h1-11,13-14,19H,12,15H2,(H,30,32). The first-order valence-corrected chi connectivity index (χ1v) is 10.1. The van der Waals surface area contributed by atoms with Crippen molar-refractivity contribution in [1.29, 1.82) is 0 Å². The molecule has 1 aromatic heterocycles. The van der Waals surface area contributed by atoms with E-state index in [1.807, 2.05) is 5.32 Å². The molecular formula is C24H19F4N3O2. The van der Waals surface area contributed by atoms with E-state index >= 15 is 0 Å². The van der Waals surface area contributed by atoms with Gasteiger partial charge in [0, 0.05) is 5.39 Å². The molecule has 0 spiro atoms. The number of amides is 1. The second-order valence-electron chi connectivity index (χ2n) is 7.42. The SMILES string of the molecule is O=C(NC(COc1ccc2c(cnn2-c2ccc(F)cc2)c1)Cc1ccccc1)C(F)(F)F. The molecule has 0 saturated carbocycles. The maximum Gasteiger partial charge on any atom is 0.471 e. The average Bonchev–Trinajstić information content (AvgIpc) is 3.21. The van der Waals surface area contributed by atoms with E-state index in [9.17, 15) is 22.4 Å². The van der Waals surface area contributed by atoms with Crippen LogP contribution < -0.4 is 10.1 Å². The van der Waals surface area contributed by atoms with Gasteiger partial charge in [0.1, 0.15) is 18.2 Å². The largest absolute Gasteiger partial charge is 0.491 e. The molecule has 0 bridgehead atoms. The third-order valence-electron chi connectivity index (χ3n) is 4.98. The van der Waals surface area contributed by atoms with E-state index in [0.29, 0.717) is 11.4 Å². The van der Waals surface area contributed by atoms with Gasteiger partial charge >= 0.3 is 12.1 Å². The number of alkyl halides is 3. The van der Waals surface area contributed by atoms with E-state index in [-0.39, 0.29) is 18.8 Å². The van der Waals surface area contributed by atoms with Crippen molar-refractivity contribution in [2.75, 3.05) is 6.61 Å². The smallest absolute Gasteiger partial charge is 0.471 e. The Morgan fingerprint density at radius 2 is 1.76 bits per heavy atom. The van der Waals surface area contributed by atoms with Gasteiger partial charge in [0.25, 0.3) is 0 Å². The summed E-state index contributed by atoms with van der Waals surface area (Å²) in [5.41, 5.74) is 2.20. The molecule has 0 saturated heterocycles. The van der Waals surface area contributed by atoms with E-state index < -0.39 is 18.1 Å². The topological polar surface area (TPSA) is 56.1 Å². The lowest BCUT2D eigenvalue weighted by molar-refractivity contribution is -0.174. The molecule has 0 aliphatic heterocycles. The van der Waals surface area contributed by atoms with Gasteiger partial charge in [0.15, 0.2) is 0 Å². The van der Waals surface area contributed by atoms with Gasteiger partial charge in [-0.05, 0) is 54.4 Å². The Labute approximate surface area is 186 Å². The molecule has 1 heterocycles. The van der Waals surface area contributed by atoms with Gasteiger partial charge in [0.2, 0.25) is 0 Å². The van der Waals surface area contributed by atoms with Gasteiger partial charge in [-0.2, -0.15) is 18.3 Å². The average molecular weight is 457 g/mol. The van der Waals surface area contributed by atoms with Gasteiger partial charge in [-0.25, -0.2) is 9.07 Å². The molecule has 0 aliphatic carbocycles. The Balaban J connectivity index is 1.50. The molecule has 5 nitrogen and oxygen atoms in total. The summed E-state index contributed by atoms with van der Waals surface area (Å²) < 4.78 is 58.9. The van der Waals surface area contributed by atoms with Crippen LogP contribution in [0.4, 0.5) is 17.6 Å². The summed E-state index contributed by atoms with van der Waals surface area (Å²) in [5, 5.41) is 7.05. The van der Waals surface area contributed by atoms with Crippen LogP contribution in [0.3, 0.4) is 0 Å². The molecule has 170 valence electrons. The molecule has 9 heteroatoms. The van der Waals surface area contributed by atoms with Gasteiger partial charge in [0.05, 0.1) is 23.4 Å². The number of benzene rings is 3. The minimum atomic E-state index is -4.98. The summed E-state index contributed by atoms with van der Waals surface area (Å²) in [6.45, 7) is -0.158. The monoisotopic (exact) mass is 457 g/mol. The van der Waals surface area contributed by atoms with Crippen molar-refractivity contribution in [3.05, 3.63) is 90.4 Å². The number of halogens is 4. The van der Waals surface area contributed by atoms with E-state index in [1.165, 1.54) is 12.1 Å². The summed E-state index contributed by atoms with van der Waals surface area (Å²) in [6, 6.07) is 19.0. The number of aromatic nitrogens is 2. The zero-order valence-corrected chi connectivity index (χ0v) is 17.2. The van der Waals surface area contributed by atoms with Crippen LogP contribution in [0.15, 0.2) is 79.0 Å². The van der Waals surface area contributed by atoms with Crippen molar-refractivity contribution >= 4 is 16.8 Å². The van der Waals surface area contributed by atoms with E-state index in [2.05, 4.69) is 5.10 Å². The Kier molecular flexibility index (Phi) is 6.30. The van der Waals surface area contributed by atoms with Crippen LogP contribution in [-0.2, 0) is 11.2 Å². The third kappa shape index (κ3) is 5.49. The van der Waals surface area contributed by atoms with Gasteiger partial charge < -0.3 is 10.1 Å². The third-order valence-corrected chi connectivity index (χ3v) is 4.98. The summed E-state index contributed by atoms with van der Waals surface area (Å²) >= 11 is 0. The lowest BCUT2D eigenvalue weighted by atomic mass is 10.1. The minimum absolute atomic E-state index is 0.158. The summed E-state index contributed by atoms with van der Waals surface area (Å²) in [4.78, 5) is 11.5. The summed E-state index contributed by atoms with van der Waals surface area (Å²) in [6.07, 6.45) is -3.20. The fourth-order valence-corrected chi connectivity index (χ4v) is 3.40. The normalized spacial score (nSPS) is 12.5. The van der Waals surface area contributed by atoms with Crippen molar-refractivity contribution < 1.29 is 27.1 Å².